The minimum absolute atomic E-state index is 0.0550. The van der Waals surface area contributed by atoms with E-state index in [1.54, 1.807) is 7.05 Å². The van der Waals surface area contributed by atoms with Crippen LogP contribution in [0.4, 0.5) is 0 Å². The molecule has 3 atom stereocenters. The third-order valence-electron chi connectivity index (χ3n) is 3.24. The summed E-state index contributed by atoms with van der Waals surface area (Å²) in [7, 11) is 1.68. The van der Waals surface area contributed by atoms with Crippen molar-refractivity contribution in [3.63, 3.8) is 0 Å². The molecule has 0 aromatic heterocycles. The average Bonchev–Trinajstić information content (AvgIpc) is 2.64. The van der Waals surface area contributed by atoms with Gasteiger partial charge in [0.2, 0.25) is 5.91 Å². The van der Waals surface area contributed by atoms with Gasteiger partial charge in [-0.3, -0.25) is 4.79 Å². The first kappa shape index (κ1) is 11.5. The second-order valence-corrected chi connectivity index (χ2v) is 4.29. The molecule has 14 heavy (non-hydrogen) atoms. The van der Waals surface area contributed by atoms with Crippen molar-refractivity contribution in [2.45, 2.75) is 51.6 Å². The SMILES string of the molecule is CCC1CCC(NC(C)C(=O)NC)C1. The van der Waals surface area contributed by atoms with E-state index in [-0.39, 0.29) is 11.9 Å². The number of carbonyl (C=O) groups is 1. The topological polar surface area (TPSA) is 41.1 Å². The third kappa shape index (κ3) is 2.98. The summed E-state index contributed by atoms with van der Waals surface area (Å²) < 4.78 is 0. The highest BCUT2D eigenvalue weighted by atomic mass is 16.2. The summed E-state index contributed by atoms with van der Waals surface area (Å²) in [6, 6.07) is 0.493. The third-order valence-corrected chi connectivity index (χ3v) is 3.24. The zero-order chi connectivity index (χ0) is 10.6. The Balaban J connectivity index is 2.28. The number of rotatable bonds is 4. The molecule has 0 aromatic rings. The molecule has 82 valence electrons. The Morgan fingerprint density at radius 2 is 2.21 bits per heavy atom. The molecule has 0 spiro atoms. The lowest BCUT2D eigenvalue weighted by atomic mass is 10.1. The maximum atomic E-state index is 11.3. The Morgan fingerprint density at radius 1 is 1.50 bits per heavy atom. The molecule has 0 aromatic carbocycles. The molecule has 1 saturated carbocycles. The summed E-state index contributed by atoms with van der Waals surface area (Å²) in [5, 5.41) is 6.04. The molecule has 1 fully saturated rings. The van der Waals surface area contributed by atoms with E-state index in [1.807, 2.05) is 6.92 Å². The smallest absolute Gasteiger partial charge is 0.236 e. The van der Waals surface area contributed by atoms with Gasteiger partial charge in [0.25, 0.3) is 0 Å². The molecule has 1 aliphatic carbocycles. The van der Waals surface area contributed by atoms with Crippen LogP contribution in [0.25, 0.3) is 0 Å². The van der Waals surface area contributed by atoms with Gasteiger partial charge in [0, 0.05) is 13.1 Å². The van der Waals surface area contributed by atoms with Crippen LogP contribution in [0.2, 0.25) is 0 Å². The van der Waals surface area contributed by atoms with Crippen molar-refractivity contribution < 1.29 is 4.79 Å². The minimum atomic E-state index is -0.0550. The van der Waals surface area contributed by atoms with E-state index >= 15 is 0 Å². The lowest BCUT2D eigenvalue weighted by molar-refractivity contribution is -0.122. The van der Waals surface area contributed by atoms with Crippen molar-refractivity contribution in [3.8, 4) is 0 Å². The Kier molecular flexibility index (Phi) is 4.39. The van der Waals surface area contributed by atoms with Crippen molar-refractivity contribution in [2.75, 3.05) is 7.05 Å². The van der Waals surface area contributed by atoms with Crippen LogP contribution in [0.3, 0.4) is 0 Å². The van der Waals surface area contributed by atoms with Crippen molar-refractivity contribution >= 4 is 5.91 Å². The van der Waals surface area contributed by atoms with Crippen LogP contribution in [-0.2, 0) is 4.79 Å². The molecule has 2 N–H and O–H groups in total. The Labute approximate surface area is 86.6 Å². The highest BCUT2D eigenvalue weighted by Gasteiger charge is 2.25. The molecule has 0 saturated heterocycles. The van der Waals surface area contributed by atoms with E-state index in [0.29, 0.717) is 6.04 Å². The lowest BCUT2D eigenvalue weighted by Gasteiger charge is -2.18. The van der Waals surface area contributed by atoms with Gasteiger partial charge in [-0.1, -0.05) is 13.3 Å². The van der Waals surface area contributed by atoms with Crippen molar-refractivity contribution in [1.82, 2.24) is 10.6 Å². The predicted octanol–water partition coefficient (Wildman–Crippen LogP) is 1.29. The van der Waals surface area contributed by atoms with Gasteiger partial charge in [-0.2, -0.15) is 0 Å². The van der Waals surface area contributed by atoms with Crippen LogP contribution in [-0.4, -0.2) is 25.0 Å². The maximum Gasteiger partial charge on any atom is 0.236 e. The summed E-state index contributed by atoms with van der Waals surface area (Å²) in [5.74, 6) is 0.953. The first-order valence-electron chi connectivity index (χ1n) is 5.65. The van der Waals surface area contributed by atoms with Crippen molar-refractivity contribution in [2.24, 2.45) is 5.92 Å². The van der Waals surface area contributed by atoms with Gasteiger partial charge in [-0.05, 0) is 32.1 Å². The number of hydrogen-bond acceptors (Lipinski definition) is 2. The van der Waals surface area contributed by atoms with Crippen LogP contribution in [0.1, 0.15) is 39.5 Å². The number of amides is 1. The van der Waals surface area contributed by atoms with E-state index in [2.05, 4.69) is 17.6 Å². The summed E-state index contributed by atoms with van der Waals surface area (Å²) >= 11 is 0. The Bertz CT molecular complexity index is 194. The van der Waals surface area contributed by atoms with E-state index in [1.165, 1.54) is 25.7 Å². The molecule has 1 aliphatic rings. The molecule has 3 unspecified atom stereocenters. The fraction of sp³-hybridized carbons (Fsp3) is 0.909. The summed E-state index contributed by atoms with van der Waals surface area (Å²) in [6.07, 6.45) is 5.04. The quantitative estimate of drug-likeness (QED) is 0.714. The lowest BCUT2D eigenvalue weighted by Crippen LogP contribution is -2.44. The first-order chi connectivity index (χ1) is 6.67. The van der Waals surface area contributed by atoms with Crippen LogP contribution in [0.5, 0.6) is 0 Å². The van der Waals surface area contributed by atoms with Crippen LogP contribution in [0.15, 0.2) is 0 Å². The van der Waals surface area contributed by atoms with Gasteiger partial charge in [0.1, 0.15) is 0 Å². The number of carbonyl (C=O) groups excluding carboxylic acids is 1. The van der Waals surface area contributed by atoms with Gasteiger partial charge in [-0.25, -0.2) is 0 Å². The van der Waals surface area contributed by atoms with Crippen LogP contribution in [0, 0.1) is 5.92 Å². The fourth-order valence-electron chi connectivity index (χ4n) is 2.24. The number of hydrogen-bond donors (Lipinski definition) is 2. The molecule has 1 amide bonds. The first-order valence-corrected chi connectivity index (χ1v) is 5.65. The minimum Gasteiger partial charge on any atom is -0.358 e. The van der Waals surface area contributed by atoms with E-state index in [4.69, 9.17) is 0 Å². The second kappa shape index (κ2) is 5.35. The summed E-state index contributed by atoms with van der Waals surface area (Å²) in [5.41, 5.74) is 0. The van der Waals surface area contributed by atoms with Gasteiger partial charge < -0.3 is 10.6 Å². The molecular formula is C11H22N2O. The van der Waals surface area contributed by atoms with Gasteiger partial charge in [-0.15, -0.1) is 0 Å². The molecule has 0 bridgehead atoms. The highest BCUT2D eigenvalue weighted by molar-refractivity contribution is 5.80. The zero-order valence-electron chi connectivity index (χ0n) is 9.47. The molecule has 3 nitrogen and oxygen atoms in total. The summed E-state index contributed by atoms with van der Waals surface area (Å²) in [4.78, 5) is 11.3. The van der Waals surface area contributed by atoms with Gasteiger partial charge in [0.15, 0.2) is 0 Å². The van der Waals surface area contributed by atoms with E-state index in [9.17, 15) is 4.79 Å². The number of likely N-dealkylation sites (N-methyl/N-ethyl adjacent to an activating group) is 1. The predicted molar refractivity (Wildman–Crippen MR) is 58.1 cm³/mol. The Morgan fingerprint density at radius 3 is 2.71 bits per heavy atom. The van der Waals surface area contributed by atoms with Crippen molar-refractivity contribution in [3.05, 3.63) is 0 Å². The maximum absolute atomic E-state index is 11.3. The Hall–Kier alpha value is -0.570. The van der Waals surface area contributed by atoms with E-state index in [0.717, 1.165) is 5.92 Å². The van der Waals surface area contributed by atoms with Gasteiger partial charge >= 0.3 is 0 Å². The van der Waals surface area contributed by atoms with E-state index < -0.39 is 0 Å². The zero-order valence-corrected chi connectivity index (χ0v) is 9.47. The fourth-order valence-corrected chi connectivity index (χ4v) is 2.24. The molecule has 3 heteroatoms. The molecule has 1 rings (SSSR count). The largest absolute Gasteiger partial charge is 0.358 e. The number of nitrogens with one attached hydrogen (secondary N) is 2. The molecule has 0 aliphatic heterocycles. The molecule has 0 heterocycles. The standard InChI is InChI=1S/C11H22N2O/c1-4-9-5-6-10(7-9)13-8(2)11(14)12-3/h8-10,13H,4-7H2,1-3H3,(H,12,14). The van der Waals surface area contributed by atoms with Crippen molar-refractivity contribution in [1.29, 1.82) is 0 Å². The summed E-state index contributed by atoms with van der Waals surface area (Å²) in [6.45, 7) is 4.17. The highest BCUT2D eigenvalue weighted by Crippen LogP contribution is 2.27. The normalized spacial score (nSPS) is 28.8. The molecule has 0 radical (unpaired) electrons. The molecular weight excluding hydrogens is 176 g/mol. The van der Waals surface area contributed by atoms with Crippen LogP contribution >= 0.6 is 0 Å². The average molecular weight is 198 g/mol. The monoisotopic (exact) mass is 198 g/mol. The van der Waals surface area contributed by atoms with Gasteiger partial charge in [0.05, 0.1) is 6.04 Å². The van der Waals surface area contributed by atoms with Crippen LogP contribution < -0.4 is 10.6 Å². The second-order valence-electron chi connectivity index (χ2n) is 4.29.